The zero-order valence-electron chi connectivity index (χ0n) is 12.9. The summed E-state index contributed by atoms with van der Waals surface area (Å²) in [6, 6.07) is 31.8. The molecule has 3 aromatic carbocycles. The Morgan fingerprint density at radius 1 is 0.652 bits per heavy atom. The Morgan fingerprint density at radius 3 is 1.52 bits per heavy atom. The minimum absolute atomic E-state index is 0.226. The van der Waals surface area contributed by atoms with Crippen molar-refractivity contribution in [1.82, 2.24) is 0 Å². The van der Waals surface area contributed by atoms with Crippen LogP contribution in [0.3, 0.4) is 0 Å². The van der Waals surface area contributed by atoms with Gasteiger partial charge in [-0.3, -0.25) is 0 Å². The molecule has 0 aliphatic rings. The van der Waals surface area contributed by atoms with Gasteiger partial charge >= 0.3 is 144 Å². The van der Waals surface area contributed by atoms with E-state index in [9.17, 15) is 0 Å². The topological polar surface area (TPSA) is 0 Å². The van der Waals surface area contributed by atoms with Crippen LogP contribution in [0.4, 0.5) is 0 Å². The molecule has 0 nitrogen and oxygen atoms in total. The molecule has 0 radical (unpaired) electrons. The normalized spacial score (nSPS) is 10.1. The standard InChI is InChI=1S/C22H18Se/c1-2-21(23-20-16-10-5-11-17-20)22(18-12-6-3-7-13-18)19-14-8-4-9-15-19/h2-17H,1H2. The summed E-state index contributed by atoms with van der Waals surface area (Å²) in [5.74, 6) is 0. The Labute approximate surface area is 144 Å². The van der Waals surface area contributed by atoms with Gasteiger partial charge in [-0.15, -0.1) is 0 Å². The molecule has 0 aliphatic carbocycles. The molecule has 0 fully saturated rings. The van der Waals surface area contributed by atoms with Crippen molar-refractivity contribution in [2.75, 3.05) is 0 Å². The van der Waals surface area contributed by atoms with E-state index in [1.165, 1.54) is 25.6 Å². The Balaban J connectivity index is 2.14. The van der Waals surface area contributed by atoms with Crippen LogP contribution in [0.2, 0.25) is 0 Å². The van der Waals surface area contributed by atoms with Gasteiger partial charge in [-0.25, -0.2) is 0 Å². The van der Waals surface area contributed by atoms with Crippen molar-refractivity contribution in [3.8, 4) is 0 Å². The molecule has 3 rings (SSSR count). The van der Waals surface area contributed by atoms with Gasteiger partial charge in [0.05, 0.1) is 0 Å². The zero-order valence-corrected chi connectivity index (χ0v) is 14.6. The van der Waals surface area contributed by atoms with Crippen LogP contribution in [0.15, 0.2) is 108 Å². The van der Waals surface area contributed by atoms with E-state index in [0.717, 1.165) is 0 Å². The molecule has 0 heterocycles. The molecule has 0 bridgehead atoms. The van der Waals surface area contributed by atoms with Crippen molar-refractivity contribution >= 4 is 25.0 Å². The van der Waals surface area contributed by atoms with Gasteiger partial charge in [-0.1, -0.05) is 0 Å². The molecule has 0 saturated heterocycles. The summed E-state index contributed by atoms with van der Waals surface area (Å²) in [7, 11) is 0. The fourth-order valence-electron chi connectivity index (χ4n) is 2.47. The van der Waals surface area contributed by atoms with E-state index < -0.39 is 0 Å². The average Bonchev–Trinajstić information content (AvgIpc) is 2.64. The van der Waals surface area contributed by atoms with E-state index in [1.54, 1.807) is 0 Å². The molecule has 112 valence electrons. The van der Waals surface area contributed by atoms with Crippen LogP contribution in [-0.4, -0.2) is 15.0 Å². The van der Waals surface area contributed by atoms with Gasteiger partial charge in [0.15, 0.2) is 0 Å². The fraction of sp³-hybridized carbons (Fsp3) is 0. The van der Waals surface area contributed by atoms with E-state index in [0.29, 0.717) is 0 Å². The molecule has 3 aromatic rings. The monoisotopic (exact) mass is 362 g/mol. The van der Waals surface area contributed by atoms with Gasteiger partial charge in [-0.2, -0.15) is 0 Å². The van der Waals surface area contributed by atoms with Gasteiger partial charge in [0, 0.05) is 0 Å². The fourth-order valence-corrected chi connectivity index (χ4v) is 4.50. The summed E-state index contributed by atoms with van der Waals surface area (Å²) in [5, 5.41) is 0. The molecule has 0 aliphatic heterocycles. The first-order valence-electron chi connectivity index (χ1n) is 7.59. The molecule has 0 unspecified atom stereocenters. The first-order chi connectivity index (χ1) is 11.4. The Bertz CT molecular complexity index is 746. The number of allylic oxidation sites excluding steroid dienone is 2. The van der Waals surface area contributed by atoms with E-state index in [2.05, 4.69) is 97.6 Å². The first-order valence-corrected chi connectivity index (χ1v) is 9.30. The van der Waals surface area contributed by atoms with Gasteiger partial charge in [0.1, 0.15) is 0 Å². The van der Waals surface area contributed by atoms with Crippen LogP contribution in [0.1, 0.15) is 11.1 Å². The van der Waals surface area contributed by atoms with E-state index in [-0.39, 0.29) is 15.0 Å². The van der Waals surface area contributed by atoms with E-state index in [1.807, 2.05) is 6.08 Å². The summed E-state index contributed by atoms with van der Waals surface area (Å²) in [6.45, 7) is 4.09. The molecule has 0 aromatic heterocycles. The van der Waals surface area contributed by atoms with Crippen molar-refractivity contribution in [2.45, 2.75) is 0 Å². The Kier molecular flexibility index (Phi) is 5.26. The van der Waals surface area contributed by atoms with Crippen LogP contribution in [0.25, 0.3) is 5.57 Å². The second-order valence-corrected chi connectivity index (χ2v) is 7.43. The predicted octanol–water partition coefficient (Wildman–Crippen LogP) is 4.66. The van der Waals surface area contributed by atoms with Crippen LogP contribution in [-0.2, 0) is 0 Å². The van der Waals surface area contributed by atoms with Crippen molar-refractivity contribution in [2.24, 2.45) is 0 Å². The minimum atomic E-state index is 0.226. The molecular weight excluding hydrogens is 343 g/mol. The molecule has 23 heavy (non-hydrogen) atoms. The number of rotatable bonds is 5. The van der Waals surface area contributed by atoms with Gasteiger partial charge in [-0.05, 0) is 0 Å². The number of benzene rings is 3. The average molecular weight is 361 g/mol. The maximum absolute atomic E-state index is 4.09. The summed E-state index contributed by atoms with van der Waals surface area (Å²) in [4.78, 5) is 0. The van der Waals surface area contributed by atoms with Crippen molar-refractivity contribution in [3.05, 3.63) is 119 Å². The Hall–Kier alpha value is -2.34. The van der Waals surface area contributed by atoms with Crippen molar-refractivity contribution in [3.63, 3.8) is 0 Å². The van der Waals surface area contributed by atoms with Crippen molar-refractivity contribution in [1.29, 1.82) is 0 Å². The van der Waals surface area contributed by atoms with Gasteiger partial charge in [0.25, 0.3) is 0 Å². The van der Waals surface area contributed by atoms with E-state index in [4.69, 9.17) is 0 Å². The quantitative estimate of drug-likeness (QED) is 0.458. The van der Waals surface area contributed by atoms with Crippen LogP contribution >= 0.6 is 0 Å². The molecule has 0 spiro atoms. The molecule has 0 N–H and O–H groups in total. The predicted molar refractivity (Wildman–Crippen MR) is 101 cm³/mol. The summed E-state index contributed by atoms with van der Waals surface area (Å²) in [6.07, 6.45) is 2.02. The molecule has 0 saturated carbocycles. The zero-order chi connectivity index (χ0) is 15.9. The second kappa shape index (κ2) is 7.78. The third-order valence-electron chi connectivity index (χ3n) is 3.53. The molecular formula is C22H18Se. The second-order valence-electron chi connectivity index (χ2n) is 5.09. The number of hydrogen-bond acceptors (Lipinski definition) is 0. The van der Waals surface area contributed by atoms with Crippen molar-refractivity contribution < 1.29 is 0 Å². The Morgan fingerprint density at radius 2 is 1.09 bits per heavy atom. The summed E-state index contributed by atoms with van der Waals surface area (Å²) in [5.41, 5.74) is 3.77. The van der Waals surface area contributed by atoms with Crippen LogP contribution < -0.4 is 4.46 Å². The SMILES string of the molecule is C=CC([Se]c1ccccc1)=C(c1ccccc1)c1ccccc1. The summed E-state index contributed by atoms with van der Waals surface area (Å²) < 4.78 is 2.67. The van der Waals surface area contributed by atoms with Gasteiger partial charge < -0.3 is 0 Å². The molecule has 0 amide bonds. The molecule has 0 atom stereocenters. The number of hydrogen-bond donors (Lipinski definition) is 0. The maximum atomic E-state index is 4.09. The van der Waals surface area contributed by atoms with E-state index >= 15 is 0 Å². The van der Waals surface area contributed by atoms with Crippen LogP contribution in [0, 0.1) is 0 Å². The van der Waals surface area contributed by atoms with Gasteiger partial charge in [0.2, 0.25) is 0 Å². The first kappa shape index (κ1) is 15.6. The summed E-state index contributed by atoms with van der Waals surface area (Å²) >= 11 is 0.226. The molecule has 1 heteroatoms. The van der Waals surface area contributed by atoms with Crippen LogP contribution in [0.5, 0.6) is 0 Å². The third kappa shape index (κ3) is 3.90. The third-order valence-corrected chi connectivity index (χ3v) is 5.83.